The van der Waals surface area contributed by atoms with Gasteiger partial charge in [-0.05, 0) is 54.8 Å². The summed E-state index contributed by atoms with van der Waals surface area (Å²) < 4.78 is 27.3. The molecule has 2 rings (SSSR count). The van der Waals surface area contributed by atoms with Gasteiger partial charge in [-0.25, -0.2) is 8.42 Å². The van der Waals surface area contributed by atoms with Gasteiger partial charge in [-0.3, -0.25) is 4.72 Å². The summed E-state index contributed by atoms with van der Waals surface area (Å²) >= 11 is 5.96. The van der Waals surface area contributed by atoms with Gasteiger partial charge < -0.3 is 5.11 Å². The molecular weight excluding hydrogens is 310 g/mol. The van der Waals surface area contributed by atoms with Gasteiger partial charge in [0.05, 0.1) is 11.6 Å². The molecule has 6 heteroatoms. The molecule has 0 fully saturated rings. The van der Waals surface area contributed by atoms with Crippen LogP contribution in [0.5, 0.6) is 0 Å². The lowest BCUT2D eigenvalue weighted by Gasteiger charge is -2.12. The van der Waals surface area contributed by atoms with Crippen LogP contribution in [0, 0.1) is 13.8 Å². The predicted octanol–water partition coefficient (Wildman–Crippen LogP) is 3.25. The third-order valence-corrected chi connectivity index (χ3v) is 5.09. The van der Waals surface area contributed by atoms with E-state index in [1.165, 1.54) is 12.1 Å². The van der Waals surface area contributed by atoms with Crippen LogP contribution in [0.3, 0.4) is 0 Å². The Hall–Kier alpha value is -1.56. The highest BCUT2D eigenvalue weighted by atomic mass is 35.5. The van der Waals surface area contributed by atoms with Gasteiger partial charge in [0.1, 0.15) is 4.90 Å². The van der Waals surface area contributed by atoms with Gasteiger partial charge in [-0.15, -0.1) is 0 Å². The van der Waals surface area contributed by atoms with Crippen molar-refractivity contribution in [2.24, 2.45) is 0 Å². The zero-order chi connectivity index (χ0) is 15.6. The van der Waals surface area contributed by atoms with E-state index in [1.807, 2.05) is 19.9 Å². The Morgan fingerprint density at radius 1 is 1.10 bits per heavy atom. The number of hydrogen-bond acceptors (Lipinski definition) is 3. The molecule has 0 radical (unpaired) electrons. The summed E-state index contributed by atoms with van der Waals surface area (Å²) in [5.41, 5.74) is 3.03. The number of aryl methyl sites for hydroxylation is 2. The van der Waals surface area contributed by atoms with Crippen molar-refractivity contribution in [3.05, 3.63) is 58.1 Å². The van der Waals surface area contributed by atoms with Crippen LogP contribution in [-0.4, -0.2) is 13.5 Å². The van der Waals surface area contributed by atoms with E-state index >= 15 is 0 Å². The quantitative estimate of drug-likeness (QED) is 0.906. The number of aliphatic hydroxyl groups excluding tert-OH is 1. The molecule has 0 spiro atoms. The SMILES string of the molecule is Cc1ccc(NS(=O)(=O)c2cc(CO)ccc2Cl)cc1C. The van der Waals surface area contributed by atoms with Gasteiger partial charge in [-0.2, -0.15) is 0 Å². The Balaban J connectivity index is 2.40. The summed E-state index contributed by atoms with van der Waals surface area (Å²) in [4.78, 5) is -0.0473. The number of anilines is 1. The van der Waals surface area contributed by atoms with Crippen LogP contribution in [-0.2, 0) is 16.6 Å². The van der Waals surface area contributed by atoms with Crippen molar-refractivity contribution >= 4 is 27.3 Å². The summed E-state index contributed by atoms with van der Waals surface area (Å²) in [6.07, 6.45) is 0. The Kier molecular flexibility index (Phi) is 4.56. The second kappa shape index (κ2) is 6.05. The fourth-order valence-electron chi connectivity index (χ4n) is 1.87. The van der Waals surface area contributed by atoms with E-state index in [-0.39, 0.29) is 16.5 Å². The molecule has 2 N–H and O–H groups in total. The van der Waals surface area contributed by atoms with Gasteiger partial charge in [0.2, 0.25) is 0 Å². The smallest absolute Gasteiger partial charge is 0.263 e. The topological polar surface area (TPSA) is 66.4 Å². The van der Waals surface area contributed by atoms with Crippen molar-refractivity contribution < 1.29 is 13.5 Å². The Bertz CT molecular complexity index is 772. The highest BCUT2D eigenvalue weighted by molar-refractivity contribution is 7.92. The zero-order valence-electron chi connectivity index (χ0n) is 11.7. The van der Waals surface area contributed by atoms with Crippen molar-refractivity contribution in [3.8, 4) is 0 Å². The number of aliphatic hydroxyl groups is 1. The molecule has 2 aromatic rings. The first-order chi connectivity index (χ1) is 9.83. The maximum absolute atomic E-state index is 12.4. The van der Waals surface area contributed by atoms with Crippen LogP contribution in [0.4, 0.5) is 5.69 Å². The lowest BCUT2D eigenvalue weighted by molar-refractivity contribution is 0.281. The highest BCUT2D eigenvalue weighted by Crippen LogP contribution is 2.25. The zero-order valence-corrected chi connectivity index (χ0v) is 13.3. The number of hydrogen-bond donors (Lipinski definition) is 2. The molecule has 0 saturated carbocycles. The van der Waals surface area contributed by atoms with Crippen molar-refractivity contribution in [1.29, 1.82) is 0 Å². The summed E-state index contributed by atoms with van der Waals surface area (Å²) in [7, 11) is -3.80. The van der Waals surface area contributed by atoms with Crippen molar-refractivity contribution in [3.63, 3.8) is 0 Å². The molecule has 0 bridgehead atoms. The molecule has 0 aliphatic heterocycles. The van der Waals surface area contributed by atoms with Crippen molar-refractivity contribution in [2.75, 3.05) is 4.72 Å². The summed E-state index contributed by atoms with van der Waals surface area (Å²) in [6, 6.07) is 9.71. The number of sulfonamides is 1. The second-order valence-electron chi connectivity index (χ2n) is 4.83. The number of rotatable bonds is 4. The van der Waals surface area contributed by atoms with E-state index in [0.29, 0.717) is 11.3 Å². The van der Waals surface area contributed by atoms with Gasteiger partial charge in [-0.1, -0.05) is 23.7 Å². The van der Waals surface area contributed by atoms with Crippen LogP contribution in [0.25, 0.3) is 0 Å². The standard InChI is InChI=1S/C15H16ClNO3S/c1-10-3-5-13(7-11(10)2)17-21(19,20)15-8-12(9-18)4-6-14(15)16/h3-8,17-18H,9H2,1-2H3. The Labute approximate surface area is 129 Å². The third-order valence-electron chi connectivity index (χ3n) is 3.23. The molecule has 0 heterocycles. The highest BCUT2D eigenvalue weighted by Gasteiger charge is 2.18. The average molecular weight is 326 g/mol. The summed E-state index contributed by atoms with van der Waals surface area (Å²) in [6.45, 7) is 3.62. The Morgan fingerprint density at radius 2 is 1.81 bits per heavy atom. The van der Waals surface area contributed by atoms with E-state index in [0.717, 1.165) is 11.1 Å². The van der Waals surface area contributed by atoms with Gasteiger partial charge >= 0.3 is 0 Å². The molecule has 0 saturated heterocycles. The third kappa shape index (κ3) is 3.56. The second-order valence-corrected chi connectivity index (χ2v) is 6.89. The average Bonchev–Trinajstić information content (AvgIpc) is 2.43. The minimum absolute atomic E-state index is 0.0473. The maximum Gasteiger partial charge on any atom is 0.263 e. The van der Waals surface area contributed by atoms with E-state index in [1.54, 1.807) is 18.2 Å². The molecule has 2 aromatic carbocycles. The van der Waals surface area contributed by atoms with E-state index in [4.69, 9.17) is 16.7 Å². The minimum atomic E-state index is -3.80. The lowest BCUT2D eigenvalue weighted by atomic mass is 10.1. The van der Waals surface area contributed by atoms with Crippen molar-refractivity contribution in [1.82, 2.24) is 0 Å². The molecule has 0 aliphatic rings. The van der Waals surface area contributed by atoms with Crippen molar-refractivity contribution in [2.45, 2.75) is 25.3 Å². The molecule has 0 aliphatic carbocycles. The van der Waals surface area contributed by atoms with Crippen LogP contribution in [0.15, 0.2) is 41.3 Å². The fourth-order valence-corrected chi connectivity index (χ4v) is 3.47. The molecule has 112 valence electrons. The fraction of sp³-hybridized carbons (Fsp3) is 0.200. The first-order valence-electron chi connectivity index (χ1n) is 6.33. The van der Waals surface area contributed by atoms with Crippen LogP contribution in [0.2, 0.25) is 5.02 Å². The lowest BCUT2D eigenvalue weighted by Crippen LogP contribution is -2.14. The van der Waals surface area contributed by atoms with E-state index in [2.05, 4.69) is 4.72 Å². The minimum Gasteiger partial charge on any atom is -0.392 e. The molecule has 0 aromatic heterocycles. The van der Waals surface area contributed by atoms with Crippen LogP contribution >= 0.6 is 11.6 Å². The van der Waals surface area contributed by atoms with Crippen LogP contribution in [0.1, 0.15) is 16.7 Å². The first kappa shape index (κ1) is 15.8. The molecule has 4 nitrogen and oxygen atoms in total. The van der Waals surface area contributed by atoms with Gasteiger partial charge in [0.15, 0.2) is 0 Å². The van der Waals surface area contributed by atoms with Gasteiger partial charge in [0.25, 0.3) is 10.0 Å². The largest absolute Gasteiger partial charge is 0.392 e. The van der Waals surface area contributed by atoms with Gasteiger partial charge in [0, 0.05) is 5.69 Å². The maximum atomic E-state index is 12.4. The normalized spacial score (nSPS) is 11.4. The number of halogens is 1. The van der Waals surface area contributed by atoms with E-state index in [9.17, 15) is 8.42 Å². The molecule has 21 heavy (non-hydrogen) atoms. The molecule has 0 amide bonds. The number of nitrogens with one attached hydrogen (secondary N) is 1. The van der Waals surface area contributed by atoms with Crippen LogP contribution < -0.4 is 4.72 Å². The molecule has 0 unspecified atom stereocenters. The summed E-state index contributed by atoms with van der Waals surface area (Å²) in [5.74, 6) is 0. The first-order valence-corrected chi connectivity index (χ1v) is 8.19. The monoisotopic (exact) mass is 325 g/mol. The summed E-state index contributed by atoms with van der Waals surface area (Å²) in [5, 5.41) is 9.23. The molecule has 0 atom stereocenters. The van der Waals surface area contributed by atoms with E-state index < -0.39 is 10.0 Å². The predicted molar refractivity (Wildman–Crippen MR) is 84.1 cm³/mol. The Morgan fingerprint density at radius 3 is 2.43 bits per heavy atom. The molecular formula is C15H16ClNO3S. The number of benzene rings is 2.